The first-order chi connectivity index (χ1) is 14.1. The van der Waals surface area contributed by atoms with Gasteiger partial charge in [-0.15, -0.1) is 0 Å². The van der Waals surface area contributed by atoms with E-state index in [1.807, 2.05) is 32.6 Å². The number of halogens is 3. The SMILES string of the molecule is Cc1cc(C)c(NC(=O)[C@H](C)[NH+]2CCN(c3ccc(C(F)(F)F)c[nH+]3)CC2)c(C)c1. The van der Waals surface area contributed by atoms with Crippen LogP contribution in [0.2, 0.25) is 0 Å². The molecule has 0 spiro atoms. The Labute approximate surface area is 174 Å². The van der Waals surface area contributed by atoms with Crippen LogP contribution < -0.4 is 20.1 Å². The molecular formula is C22H29F3N4O+2. The van der Waals surface area contributed by atoms with Crippen molar-refractivity contribution in [3.05, 3.63) is 52.7 Å². The molecular weight excluding hydrogens is 393 g/mol. The van der Waals surface area contributed by atoms with Crippen LogP contribution in [-0.2, 0) is 11.0 Å². The highest BCUT2D eigenvalue weighted by molar-refractivity contribution is 5.95. The molecule has 1 aliphatic rings. The molecule has 1 atom stereocenters. The number of nitrogens with zero attached hydrogens (tertiary/aromatic N) is 1. The first-order valence-corrected chi connectivity index (χ1v) is 10.1. The van der Waals surface area contributed by atoms with E-state index in [1.54, 1.807) is 0 Å². The van der Waals surface area contributed by atoms with Gasteiger partial charge in [-0.25, -0.2) is 4.98 Å². The van der Waals surface area contributed by atoms with Crippen LogP contribution in [0.3, 0.4) is 0 Å². The van der Waals surface area contributed by atoms with Gasteiger partial charge in [-0.05, 0) is 44.9 Å². The van der Waals surface area contributed by atoms with Crippen molar-refractivity contribution < 1.29 is 27.8 Å². The van der Waals surface area contributed by atoms with E-state index in [0.29, 0.717) is 18.9 Å². The van der Waals surface area contributed by atoms with Gasteiger partial charge < -0.3 is 10.2 Å². The molecule has 2 heterocycles. The quantitative estimate of drug-likeness (QED) is 0.794. The summed E-state index contributed by atoms with van der Waals surface area (Å²) in [5.41, 5.74) is 3.44. The number of carbonyl (C=O) groups is 1. The van der Waals surface area contributed by atoms with Crippen molar-refractivity contribution >= 4 is 17.4 Å². The zero-order chi connectivity index (χ0) is 22.1. The second-order valence-electron chi connectivity index (χ2n) is 8.09. The van der Waals surface area contributed by atoms with Gasteiger partial charge in [-0.1, -0.05) is 17.7 Å². The standard InChI is InChI=1S/C22H27F3N4O/c1-14-11-15(2)20(16(3)12-14)27-21(30)17(4)28-7-9-29(10-8-28)19-6-5-18(13-26-19)22(23,24)25/h5-6,11-13,17H,7-10H2,1-4H3,(H,27,30)/p+2/t17-/m0/s1. The number of pyridine rings is 1. The highest BCUT2D eigenvalue weighted by Crippen LogP contribution is 2.28. The number of carbonyl (C=O) groups excluding carboxylic acids is 1. The van der Waals surface area contributed by atoms with E-state index in [9.17, 15) is 18.0 Å². The average Bonchev–Trinajstić information content (AvgIpc) is 2.69. The first-order valence-electron chi connectivity index (χ1n) is 10.1. The van der Waals surface area contributed by atoms with E-state index in [-0.39, 0.29) is 11.9 Å². The van der Waals surface area contributed by atoms with Crippen LogP contribution >= 0.6 is 0 Å². The van der Waals surface area contributed by atoms with Gasteiger partial charge >= 0.3 is 6.18 Å². The zero-order valence-electron chi connectivity index (χ0n) is 17.8. The van der Waals surface area contributed by atoms with Crippen molar-refractivity contribution in [2.75, 3.05) is 36.4 Å². The zero-order valence-corrected chi connectivity index (χ0v) is 17.8. The fraction of sp³-hybridized carbons (Fsp3) is 0.455. The maximum atomic E-state index is 12.8. The number of hydrogen-bond donors (Lipinski definition) is 2. The highest BCUT2D eigenvalue weighted by Gasteiger charge is 2.35. The minimum Gasteiger partial charge on any atom is -0.320 e. The van der Waals surface area contributed by atoms with Gasteiger partial charge in [0.05, 0.1) is 5.56 Å². The summed E-state index contributed by atoms with van der Waals surface area (Å²) in [5.74, 6) is 0.639. The normalized spacial score (nSPS) is 16.4. The van der Waals surface area contributed by atoms with Crippen LogP contribution in [0.4, 0.5) is 24.7 Å². The molecule has 1 amide bonds. The largest absolute Gasteiger partial charge is 0.419 e. The Hall–Kier alpha value is -2.61. The van der Waals surface area contributed by atoms with Gasteiger partial charge in [-0.3, -0.25) is 9.69 Å². The number of benzene rings is 1. The Bertz CT molecular complexity index is 881. The summed E-state index contributed by atoms with van der Waals surface area (Å²) < 4.78 is 38.2. The van der Waals surface area contributed by atoms with E-state index in [1.165, 1.54) is 6.07 Å². The minimum atomic E-state index is -4.35. The summed E-state index contributed by atoms with van der Waals surface area (Å²) in [6, 6.07) is 6.45. The van der Waals surface area contributed by atoms with Crippen LogP contribution in [0.5, 0.6) is 0 Å². The fourth-order valence-electron chi connectivity index (χ4n) is 4.05. The lowest BCUT2D eigenvalue weighted by molar-refractivity contribution is -0.914. The predicted octanol–water partition coefficient (Wildman–Crippen LogP) is 2.18. The number of hydrogen-bond acceptors (Lipinski definition) is 2. The fourth-order valence-corrected chi connectivity index (χ4v) is 4.05. The van der Waals surface area contributed by atoms with E-state index in [2.05, 4.69) is 22.4 Å². The molecule has 1 fully saturated rings. The Morgan fingerprint density at radius 2 is 1.73 bits per heavy atom. The van der Waals surface area contributed by atoms with Gasteiger partial charge in [0.25, 0.3) is 11.7 Å². The van der Waals surface area contributed by atoms with Gasteiger partial charge in [-0.2, -0.15) is 13.2 Å². The van der Waals surface area contributed by atoms with Crippen LogP contribution in [0.25, 0.3) is 0 Å². The second kappa shape index (κ2) is 8.63. The van der Waals surface area contributed by atoms with E-state index >= 15 is 0 Å². The van der Waals surface area contributed by atoms with Crippen LogP contribution in [-0.4, -0.2) is 38.1 Å². The van der Waals surface area contributed by atoms with Crippen molar-refractivity contribution in [1.29, 1.82) is 0 Å². The molecule has 0 unspecified atom stereocenters. The van der Waals surface area contributed by atoms with E-state index in [4.69, 9.17) is 0 Å². The number of piperazine rings is 1. The maximum absolute atomic E-state index is 12.8. The maximum Gasteiger partial charge on any atom is 0.419 e. The van der Waals surface area contributed by atoms with Gasteiger partial charge in [0.15, 0.2) is 6.04 Å². The number of H-pyrrole nitrogens is 1. The number of rotatable bonds is 4. The lowest BCUT2D eigenvalue weighted by Crippen LogP contribution is -3.19. The molecule has 162 valence electrons. The number of amides is 1. The molecule has 1 aliphatic heterocycles. The number of aromatic nitrogens is 1. The minimum absolute atomic E-state index is 0.0189. The van der Waals surface area contributed by atoms with Crippen molar-refractivity contribution in [1.82, 2.24) is 0 Å². The number of alkyl halides is 3. The molecule has 1 aromatic heterocycles. The smallest absolute Gasteiger partial charge is 0.320 e. The lowest BCUT2D eigenvalue weighted by atomic mass is 10.0. The molecule has 0 aliphatic carbocycles. The number of aryl methyl sites for hydroxylation is 3. The van der Waals surface area contributed by atoms with E-state index in [0.717, 1.165) is 52.6 Å². The molecule has 8 heteroatoms. The van der Waals surface area contributed by atoms with Crippen LogP contribution in [0.15, 0.2) is 30.5 Å². The number of aromatic amines is 1. The lowest BCUT2D eigenvalue weighted by Gasteiger charge is -2.31. The summed E-state index contributed by atoms with van der Waals surface area (Å²) in [6.07, 6.45) is -3.36. The highest BCUT2D eigenvalue weighted by atomic mass is 19.4. The van der Waals surface area contributed by atoms with E-state index < -0.39 is 11.7 Å². The predicted molar refractivity (Wildman–Crippen MR) is 110 cm³/mol. The molecule has 2 aromatic rings. The third-order valence-electron chi connectivity index (χ3n) is 5.80. The van der Waals surface area contributed by atoms with Gasteiger partial charge in [0, 0.05) is 11.8 Å². The second-order valence-corrected chi connectivity index (χ2v) is 8.09. The summed E-state index contributed by atoms with van der Waals surface area (Å²) in [4.78, 5) is 18.8. The molecule has 1 saturated heterocycles. The molecule has 3 N–H and O–H groups in total. The first kappa shape index (κ1) is 22.1. The van der Waals surface area contributed by atoms with Crippen LogP contribution in [0.1, 0.15) is 29.2 Å². The molecule has 0 radical (unpaired) electrons. The Balaban J connectivity index is 1.58. The van der Waals surface area contributed by atoms with Crippen molar-refractivity contribution in [2.45, 2.75) is 39.9 Å². The Kier molecular flexibility index (Phi) is 6.36. The molecule has 1 aromatic carbocycles. The van der Waals surface area contributed by atoms with Gasteiger partial charge in [0.2, 0.25) is 0 Å². The number of quaternary nitrogens is 1. The Morgan fingerprint density at radius 3 is 2.23 bits per heavy atom. The Morgan fingerprint density at radius 1 is 1.13 bits per heavy atom. The third-order valence-corrected chi connectivity index (χ3v) is 5.80. The summed E-state index contributed by atoms with van der Waals surface area (Å²) in [6.45, 7) is 10.7. The van der Waals surface area contributed by atoms with Crippen molar-refractivity contribution in [3.63, 3.8) is 0 Å². The molecule has 3 rings (SSSR count). The summed E-state index contributed by atoms with van der Waals surface area (Å²) in [7, 11) is 0. The molecule has 5 nitrogen and oxygen atoms in total. The van der Waals surface area contributed by atoms with Crippen molar-refractivity contribution in [3.8, 4) is 0 Å². The molecule has 30 heavy (non-hydrogen) atoms. The van der Waals surface area contributed by atoms with Crippen LogP contribution in [0, 0.1) is 20.8 Å². The third kappa shape index (κ3) is 4.92. The molecule has 0 saturated carbocycles. The monoisotopic (exact) mass is 422 g/mol. The summed E-state index contributed by atoms with van der Waals surface area (Å²) in [5, 5.41) is 3.08. The molecule has 0 bridgehead atoms. The van der Waals surface area contributed by atoms with Crippen molar-refractivity contribution in [2.24, 2.45) is 0 Å². The number of anilines is 2. The number of nitrogens with one attached hydrogen (secondary N) is 3. The average molecular weight is 422 g/mol. The topological polar surface area (TPSA) is 50.9 Å². The van der Waals surface area contributed by atoms with Gasteiger partial charge in [0.1, 0.15) is 32.4 Å². The summed E-state index contributed by atoms with van der Waals surface area (Å²) >= 11 is 0.